The third-order valence-electron chi connectivity index (χ3n) is 3.41. The minimum Gasteiger partial charge on any atom is -0.376 e. The van der Waals surface area contributed by atoms with E-state index in [1.165, 1.54) is 16.7 Å². The van der Waals surface area contributed by atoms with E-state index in [2.05, 4.69) is 48.5 Å². The maximum absolute atomic E-state index is 5.67. The Morgan fingerprint density at radius 2 is 1.58 bits per heavy atom. The predicted octanol–water partition coefficient (Wildman–Crippen LogP) is 3.31. The summed E-state index contributed by atoms with van der Waals surface area (Å²) in [6.45, 7) is 2.15. The van der Waals surface area contributed by atoms with Crippen molar-refractivity contribution in [1.29, 1.82) is 0 Å². The summed E-state index contributed by atoms with van der Waals surface area (Å²) in [6.07, 6.45) is 1.13. The quantitative estimate of drug-likeness (QED) is 0.836. The number of rotatable bonds is 3. The fraction of sp³-hybridized carbons (Fsp3) is 0.294. The van der Waals surface area contributed by atoms with Crippen LogP contribution in [0.1, 0.15) is 5.56 Å². The highest BCUT2D eigenvalue weighted by molar-refractivity contribution is 5.63. The third kappa shape index (κ3) is 3.22. The average Bonchev–Trinajstić information content (AvgIpc) is 2.50. The Labute approximate surface area is 114 Å². The summed E-state index contributed by atoms with van der Waals surface area (Å²) in [5.41, 5.74) is 3.81. The maximum atomic E-state index is 5.67. The van der Waals surface area contributed by atoms with Gasteiger partial charge in [0, 0.05) is 6.42 Å². The highest BCUT2D eigenvalue weighted by Crippen LogP contribution is 2.20. The molecule has 19 heavy (non-hydrogen) atoms. The molecule has 0 spiro atoms. The zero-order valence-electron chi connectivity index (χ0n) is 10.9. The zero-order chi connectivity index (χ0) is 12.9. The molecule has 2 aromatic carbocycles. The van der Waals surface area contributed by atoms with Gasteiger partial charge in [-0.15, -0.1) is 0 Å². The van der Waals surface area contributed by atoms with Crippen molar-refractivity contribution < 1.29 is 9.47 Å². The Kier molecular flexibility index (Phi) is 3.92. The molecule has 2 heteroatoms. The van der Waals surface area contributed by atoms with Crippen LogP contribution in [0.5, 0.6) is 0 Å². The molecule has 0 saturated carbocycles. The second-order valence-corrected chi connectivity index (χ2v) is 4.83. The molecule has 1 aliphatic rings. The summed E-state index contributed by atoms with van der Waals surface area (Å²) in [5.74, 6) is 0. The predicted molar refractivity (Wildman–Crippen MR) is 76.1 cm³/mol. The Hall–Kier alpha value is -1.64. The lowest BCUT2D eigenvalue weighted by atomic mass is 10.0. The SMILES string of the molecule is c1ccc(-c2ccc(CC3COCCO3)cc2)cc1. The summed E-state index contributed by atoms with van der Waals surface area (Å²) in [4.78, 5) is 0. The van der Waals surface area contributed by atoms with Crippen molar-refractivity contribution in [3.05, 3.63) is 60.2 Å². The van der Waals surface area contributed by atoms with Crippen LogP contribution in [-0.2, 0) is 15.9 Å². The van der Waals surface area contributed by atoms with E-state index in [0.717, 1.165) is 13.0 Å². The molecule has 0 amide bonds. The zero-order valence-corrected chi connectivity index (χ0v) is 10.9. The number of benzene rings is 2. The Balaban J connectivity index is 1.68. The van der Waals surface area contributed by atoms with Gasteiger partial charge >= 0.3 is 0 Å². The van der Waals surface area contributed by atoms with Gasteiger partial charge in [-0.3, -0.25) is 0 Å². The third-order valence-corrected chi connectivity index (χ3v) is 3.41. The van der Waals surface area contributed by atoms with Crippen LogP contribution in [0.15, 0.2) is 54.6 Å². The van der Waals surface area contributed by atoms with E-state index in [9.17, 15) is 0 Å². The van der Waals surface area contributed by atoms with E-state index in [1.807, 2.05) is 6.07 Å². The average molecular weight is 254 g/mol. The summed E-state index contributed by atoms with van der Waals surface area (Å²) < 4.78 is 11.1. The van der Waals surface area contributed by atoms with Crippen LogP contribution in [0.25, 0.3) is 11.1 Å². The first-order valence-corrected chi connectivity index (χ1v) is 6.75. The van der Waals surface area contributed by atoms with E-state index < -0.39 is 0 Å². The standard InChI is InChI=1S/C17H18O2/c1-2-4-15(5-3-1)16-8-6-14(7-9-16)12-17-13-18-10-11-19-17/h1-9,17H,10-13H2. The van der Waals surface area contributed by atoms with Crippen molar-refractivity contribution in [3.8, 4) is 11.1 Å². The first kappa shape index (κ1) is 12.4. The lowest BCUT2D eigenvalue weighted by molar-refractivity contribution is -0.0872. The molecule has 1 fully saturated rings. The van der Waals surface area contributed by atoms with Crippen molar-refractivity contribution in [2.45, 2.75) is 12.5 Å². The smallest absolute Gasteiger partial charge is 0.0849 e. The van der Waals surface area contributed by atoms with Crippen molar-refractivity contribution >= 4 is 0 Å². The molecule has 1 atom stereocenters. The summed E-state index contributed by atoms with van der Waals surface area (Å²) in [6, 6.07) is 19.1. The molecule has 3 rings (SSSR count). The van der Waals surface area contributed by atoms with Crippen LogP contribution in [0.3, 0.4) is 0 Å². The highest BCUT2D eigenvalue weighted by atomic mass is 16.6. The van der Waals surface area contributed by atoms with Crippen molar-refractivity contribution in [1.82, 2.24) is 0 Å². The number of hydrogen-bond donors (Lipinski definition) is 0. The molecule has 2 nitrogen and oxygen atoms in total. The van der Waals surface area contributed by atoms with Crippen LogP contribution in [0, 0.1) is 0 Å². The molecule has 0 bridgehead atoms. The topological polar surface area (TPSA) is 18.5 Å². The van der Waals surface area contributed by atoms with Gasteiger partial charge in [0.25, 0.3) is 0 Å². The van der Waals surface area contributed by atoms with Gasteiger partial charge in [0.1, 0.15) is 0 Å². The van der Waals surface area contributed by atoms with Gasteiger partial charge in [0.2, 0.25) is 0 Å². The molecule has 1 saturated heterocycles. The minimum absolute atomic E-state index is 0.205. The second-order valence-electron chi connectivity index (χ2n) is 4.83. The summed E-state index contributed by atoms with van der Waals surface area (Å²) in [5, 5.41) is 0. The van der Waals surface area contributed by atoms with E-state index in [0.29, 0.717) is 13.2 Å². The Morgan fingerprint density at radius 3 is 2.26 bits per heavy atom. The fourth-order valence-corrected chi connectivity index (χ4v) is 2.38. The van der Waals surface area contributed by atoms with Gasteiger partial charge in [-0.25, -0.2) is 0 Å². The normalized spacial score (nSPS) is 19.3. The summed E-state index contributed by atoms with van der Waals surface area (Å²) in [7, 11) is 0. The Bertz CT molecular complexity index is 499. The van der Waals surface area contributed by atoms with Crippen molar-refractivity contribution in [2.75, 3.05) is 19.8 Å². The van der Waals surface area contributed by atoms with Gasteiger partial charge in [0.05, 0.1) is 25.9 Å². The van der Waals surface area contributed by atoms with Crippen LogP contribution in [0.2, 0.25) is 0 Å². The summed E-state index contributed by atoms with van der Waals surface area (Å²) >= 11 is 0. The van der Waals surface area contributed by atoms with Crippen LogP contribution in [-0.4, -0.2) is 25.9 Å². The number of ether oxygens (including phenoxy) is 2. The molecule has 0 N–H and O–H groups in total. The molecule has 0 radical (unpaired) electrons. The molecular weight excluding hydrogens is 236 g/mol. The van der Waals surface area contributed by atoms with Crippen LogP contribution < -0.4 is 0 Å². The van der Waals surface area contributed by atoms with Crippen LogP contribution >= 0.6 is 0 Å². The molecule has 0 aliphatic carbocycles. The Morgan fingerprint density at radius 1 is 0.842 bits per heavy atom. The van der Waals surface area contributed by atoms with E-state index in [1.54, 1.807) is 0 Å². The lowest BCUT2D eigenvalue weighted by Gasteiger charge is -2.22. The molecule has 0 aromatic heterocycles. The first-order chi connectivity index (χ1) is 9.42. The molecule has 1 unspecified atom stereocenters. The van der Waals surface area contributed by atoms with Crippen molar-refractivity contribution in [2.24, 2.45) is 0 Å². The molecule has 1 aliphatic heterocycles. The largest absolute Gasteiger partial charge is 0.376 e. The van der Waals surface area contributed by atoms with Gasteiger partial charge in [0.15, 0.2) is 0 Å². The maximum Gasteiger partial charge on any atom is 0.0849 e. The number of hydrogen-bond acceptors (Lipinski definition) is 2. The second kappa shape index (κ2) is 6.00. The molecule has 1 heterocycles. The monoisotopic (exact) mass is 254 g/mol. The molecule has 98 valence electrons. The van der Waals surface area contributed by atoms with Crippen molar-refractivity contribution in [3.63, 3.8) is 0 Å². The molecule has 2 aromatic rings. The lowest BCUT2D eigenvalue weighted by Crippen LogP contribution is -2.30. The van der Waals surface area contributed by atoms with Gasteiger partial charge in [-0.1, -0.05) is 54.6 Å². The van der Waals surface area contributed by atoms with E-state index >= 15 is 0 Å². The van der Waals surface area contributed by atoms with Gasteiger partial charge in [-0.05, 0) is 16.7 Å². The minimum atomic E-state index is 0.205. The molecular formula is C17H18O2. The fourth-order valence-electron chi connectivity index (χ4n) is 2.38. The van der Waals surface area contributed by atoms with E-state index in [4.69, 9.17) is 9.47 Å². The highest BCUT2D eigenvalue weighted by Gasteiger charge is 2.14. The van der Waals surface area contributed by atoms with Gasteiger partial charge < -0.3 is 9.47 Å². The first-order valence-electron chi connectivity index (χ1n) is 6.75. The van der Waals surface area contributed by atoms with E-state index in [-0.39, 0.29) is 6.10 Å². The van der Waals surface area contributed by atoms with Crippen LogP contribution in [0.4, 0.5) is 0 Å². The van der Waals surface area contributed by atoms with Gasteiger partial charge in [-0.2, -0.15) is 0 Å².